The lowest BCUT2D eigenvalue weighted by molar-refractivity contribution is 0.102. The molecule has 2 heterocycles. The van der Waals surface area contributed by atoms with E-state index in [9.17, 15) is 4.79 Å². The average Bonchev–Trinajstić information content (AvgIpc) is 2.69. The van der Waals surface area contributed by atoms with Crippen LogP contribution >= 0.6 is 0 Å². The monoisotopic (exact) mass is 360 g/mol. The lowest BCUT2D eigenvalue weighted by Crippen LogP contribution is -2.16. The summed E-state index contributed by atoms with van der Waals surface area (Å²) in [6.07, 6.45) is 6.09. The van der Waals surface area contributed by atoms with Gasteiger partial charge in [-0.3, -0.25) is 9.78 Å². The van der Waals surface area contributed by atoms with Crippen molar-refractivity contribution in [2.75, 3.05) is 17.2 Å². The standard InChI is InChI=1S/C22H24N4O/c1-16(2)18-7-9-19(10-8-18)26-22(27)20-6-4-13-24-21(20)25-14-11-17-5-3-12-23-15-17/h3-10,12-13,15-16H,11,14H2,1-2H3,(H,24,25)(H,26,27). The van der Waals surface area contributed by atoms with Crippen molar-refractivity contribution < 1.29 is 4.79 Å². The summed E-state index contributed by atoms with van der Waals surface area (Å²) >= 11 is 0. The Morgan fingerprint density at radius 1 is 1.04 bits per heavy atom. The number of carbonyl (C=O) groups is 1. The van der Waals surface area contributed by atoms with Crippen LogP contribution < -0.4 is 10.6 Å². The molecule has 0 bridgehead atoms. The number of rotatable bonds is 7. The van der Waals surface area contributed by atoms with Crippen LogP contribution in [0.4, 0.5) is 11.5 Å². The van der Waals surface area contributed by atoms with Crippen molar-refractivity contribution in [3.63, 3.8) is 0 Å². The van der Waals surface area contributed by atoms with Crippen LogP contribution in [0.5, 0.6) is 0 Å². The fraction of sp³-hybridized carbons (Fsp3) is 0.227. The summed E-state index contributed by atoms with van der Waals surface area (Å²) in [5.41, 5.74) is 3.68. The molecular formula is C22H24N4O. The summed E-state index contributed by atoms with van der Waals surface area (Å²) in [7, 11) is 0. The Hall–Kier alpha value is -3.21. The van der Waals surface area contributed by atoms with Crippen LogP contribution in [0, 0.1) is 0 Å². The normalized spacial score (nSPS) is 10.6. The summed E-state index contributed by atoms with van der Waals surface area (Å²) in [4.78, 5) is 21.1. The Labute approximate surface area is 159 Å². The minimum atomic E-state index is -0.177. The predicted molar refractivity (Wildman–Crippen MR) is 109 cm³/mol. The summed E-state index contributed by atoms with van der Waals surface area (Å²) < 4.78 is 0. The molecule has 5 heteroatoms. The largest absolute Gasteiger partial charge is 0.369 e. The number of hydrogen-bond donors (Lipinski definition) is 2. The third kappa shape index (κ3) is 5.14. The minimum Gasteiger partial charge on any atom is -0.369 e. The molecule has 27 heavy (non-hydrogen) atoms. The van der Waals surface area contributed by atoms with E-state index < -0.39 is 0 Å². The minimum absolute atomic E-state index is 0.177. The number of anilines is 2. The Balaban J connectivity index is 1.64. The highest BCUT2D eigenvalue weighted by Gasteiger charge is 2.12. The maximum Gasteiger partial charge on any atom is 0.259 e. The number of amides is 1. The van der Waals surface area contributed by atoms with Gasteiger partial charge < -0.3 is 10.6 Å². The zero-order valence-corrected chi connectivity index (χ0v) is 15.6. The summed E-state index contributed by atoms with van der Waals surface area (Å²) in [5.74, 6) is 0.866. The molecule has 1 aromatic carbocycles. The third-order valence-electron chi connectivity index (χ3n) is 4.32. The van der Waals surface area contributed by atoms with Crippen LogP contribution in [-0.2, 0) is 6.42 Å². The first-order chi connectivity index (χ1) is 13.1. The van der Waals surface area contributed by atoms with E-state index in [4.69, 9.17) is 0 Å². The van der Waals surface area contributed by atoms with E-state index in [-0.39, 0.29) is 5.91 Å². The molecular weight excluding hydrogens is 336 g/mol. The van der Waals surface area contributed by atoms with Crippen molar-refractivity contribution in [1.82, 2.24) is 9.97 Å². The Morgan fingerprint density at radius 2 is 1.81 bits per heavy atom. The molecule has 0 radical (unpaired) electrons. The van der Waals surface area contributed by atoms with Crippen molar-refractivity contribution in [2.45, 2.75) is 26.2 Å². The average molecular weight is 360 g/mol. The Morgan fingerprint density at radius 3 is 2.52 bits per heavy atom. The van der Waals surface area contributed by atoms with Crippen LogP contribution in [0.15, 0.2) is 67.1 Å². The number of carbonyl (C=O) groups excluding carboxylic acids is 1. The number of pyridine rings is 2. The maximum absolute atomic E-state index is 12.7. The predicted octanol–water partition coefficient (Wildman–Crippen LogP) is 4.51. The van der Waals surface area contributed by atoms with Gasteiger partial charge in [0.25, 0.3) is 5.91 Å². The van der Waals surface area contributed by atoms with Gasteiger partial charge in [0.05, 0.1) is 5.56 Å². The van der Waals surface area contributed by atoms with Crippen molar-refractivity contribution in [3.8, 4) is 0 Å². The fourth-order valence-corrected chi connectivity index (χ4v) is 2.75. The molecule has 0 unspecified atom stereocenters. The SMILES string of the molecule is CC(C)c1ccc(NC(=O)c2cccnc2NCCc2cccnc2)cc1. The molecule has 2 aromatic heterocycles. The van der Waals surface area contributed by atoms with Crippen LogP contribution in [0.2, 0.25) is 0 Å². The van der Waals surface area contributed by atoms with Gasteiger partial charge in [-0.05, 0) is 53.8 Å². The van der Waals surface area contributed by atoms with Crippen molar-refractivity contribution in [2.24, 2.45) is 0 Å². The second-order valence-electron chi connectivity index (χ2n) is 6.67. The molecule has 0 spiro atoms. The van der Waals surface area contributed by atoms with Crippen LogP contribution in [0.1, 0.15) is 41.3 Å². The second-order valence-corrected chi connectivity index (χ2v) is 6.67. The Bertz CT molecular complexity index is 876. The van der Waals surface area contributed by atoms with Gasteiger partial charge in [-0.2, -0.15) is 0 Å². The van der Waals surface area contributed by atoms with Gasteiger partial charge in [-0.1, -0.05) is 32.0 Å². The van der Waals surface area contributed by atoms with Gasteiger partial charge in [0, 0.05) is 30.8 Å². The van der Waals surface area contributed by atoms with Gasteiger partial charge in [-0.25, -0.2) is 4.98 Å². The van der Waals surface area contributed by atoms with Crippen molar-refractivity contribution in [3.05, 3.63) is 83.8 Å². The number of nitrogens with one attached hydrogen (secondary N) is 2. The zero-order valence-electron chi connectivity index (χ0n) is 15.6. The molecule has 0 fully saturated rings. The summed E-state index contributed by atoms with van der Waals surface area (Å²) in [5, 5.41) is 6.20. The first-order valence-corrected chi connectivity index (χ1v) is 9.12. The quantitative estimate of drug-likeness (QED) is 0.651. The Kier molecular flexibility index (Phi) is 6.15. The van der Waals surface area contributed by atoms with Gasteiger partial charge in [-0.15, -0.1) is 0 Å². The molecule has 5 nitrogen and oxygen atoms in total. The molecule has 3 aromatic rings. The van der Waals surface area contributed by atoms with Gasteiger partial charge in [0.1, 0.15) is 5.82 Å². The van der Waals surface area contributed by atoms with E-state index >= 15 is 0 Å². The van der Waals surface area contributed by atoms with Crippen molar-refractivity contribution in [1.29, 1.82) is 0 Å². The summed E-state index contributed by atoms with van der Waals surface area (Å²) in [6, 6.07) is 15.4. The molecule has 138 valence electrons. The number of aromatic nitrogens is 2. The first-order valence-electron chi connectivity index (χ1n) is 9.12. The molecule has 1 amide bonds. The molecule has 0 aliphatic carbocycles. The zero-order chi connectivity index (χ0) is 19.1. The molecule has 0 saturated carbocycles. The van der Waals surface area contributed by atoms with Crippen LogP contribution in [0.25, 0.3) is 0 Å². The lowest BCUT2D eigenvalue weighted by atomic mass is 10.0. The number of hydrogen-bond acceptors (Lipinski definition) is 4. The lowest BCUT2D eigenvalue weighted by Gasteiger charge is -2.12. The highest BCUT2D eigenvalue weighted by atomic mass is 16.1. The molecule has 2 N–H and O–H groups in total. The van der Waals surface area contributed by atoms with E-state index in [0.29, 0.717) is 23.8 Å². The third-order valence-corrected chi connectivity index (χ3v) is 4.32. The molecule has 0 aliphatic heterocycles. The topological polar surface area (TPSA) is 66.9 Å². The number of benzene rings is 1. The molecule has 0 aliphatic rings. The van der Waals surface area contributed by atoms with Crippen LogP contribution in [-0.4, -0.2) is 22.4 Å². The van der Waals surface area contributed by atoms with Gasteiger partial charge in [0.2, 0.25) is 0 Å². The second kappa shape index (κ2) is 8.94. The number of nitrogens with zero attached hydrogens (tertiary/aromatic N) is 2. The molecule has 3 rings (SSSR count). The fourth-order valence-electron chi connectivity index (χ4n) is 2.75. The van der Waals surface area contributed by atoms with E-state index in [1.165, 1.54) is 5.56 Å². The molecule has 0 atom stereocenters. The van der Waals surface area contributed by atoms with E-state index in [2.05, 4.69) is 34.4 Å². The summed E-state index contributed by atoms with van der Waals surface area (Å²) in [6.45, 7) is 4.96. The smallest absolute Gasteiger partial charge is 0.259 e. The van der Waals surface area contributed by atoms with Gasteiger partial charge in [0.15, 0.2) is 0 Å². The van der Waals surface area contributed by atoms with E-state index in [1.54, 1.807) is 24.5 Å². The highest BCUT2D eigenvalue weighted by Crippen LogP contribution is 2.19. The maximum atomic E-state index is 12.7. The van der Waals surface area contributed by atoms with Gasteiger partial charge >= 0.3 is 0 Å². The highest BCUT2D eigenvalue weighted by molar-refractivity contribution is 6.07. The van der Waals surface area contributed by atoms with E-state index in [0.717, 1.165) is 17.7 Å². The van der Waals surface area contributed by atoms with Crippen molar-refractivity contribution >= 4 is 17.4 Å². The molecule has 0 saturated heterocycles. The first kappa shape index (κ1) is 18.6. The van der Waals surface area contributed by atoms with Crippen LogP contribution in [0.3, 0.4) is 0 Å². The van der Waals surface area contributed by atoms with E-state index in [1.807, 2.05) is 42.6 Å².